The molecule has 0 saturated heterocycles. The second-order valence-corrected chi connectivity index (χ2v) is 5.50. The highest BCUT2D eigenvalue weighted by Crippen LogP contribution is 2.18. The van der Waals surface area contributed by atoms with Gasteiger partial charge < -0.3 is 15.8 Å². The van der Waals surface area contributed by atoms with Crippen molar-refractivity contribution in [2.45, 2.75) is 44.6 Å². The molecule has 0 bridgehead atoms. The standard InChI is InChI=1S/C16H22N2O3/c1-21-16(20)12-8-11(9-13(17)10-12)15(19)18-14-6-4-2-3-5-7-14/h8-10,14H,2-7,17H2,1H3,(H,18,19). The zero-order chi connectivity index (χ0) is 15.2. The first kappa shape index (κ1) is 15.4. The van der Waals surface area contributed by atoms with E-state index in [2.05, 4.69) is 10.1 Å². The van der Waals surface area contributed by atoms with E-state index in [-0.39, 0.29) is 11.9 Å². The van der Waals surface area contributed by atoms with E-state index in [4.69, 9.17) is 5.73 Å². The Morgan fingerprint density at radius 1 is 1.10 bits per heavy atom. The number of hydrogen-bond donors (Lipinski definition) is 2. The zero-order valence-corrected chi connectivity index (χ0v) is 12.4. The van der Waals surface area contributed by atoms with Crippen LogP contribution in [0.5, 0.6) is 0 Å². The van der Waals surface area contributed by atoms with Crippen molar-refractivity contribution in [3.05, 3.63) is 29.3 Å². The molecule has 1 aromatic carbocycles. The smallest absolute Gasteiger partial charge is 0.337 e. The second-order valence-electron chi connectivity index (χ2n) is 5.50. The summed E-state index contributed by atoms with van der Waals surface area (Å²) >= 11 is 0. The molecule has 0 aliphatic heterocycles. The van der Waals surface area contributed by atoms with Gasteiger partial charge in [0.15, 0.2) is 0 Å². The molecule has 0 atom stereocenters. The number of amides is 1. The first-order chi connectivity index (χ1) is 10.1. The van der Waals surface area contributed by atoms with Gasteiger partial charge in [0.05, 0.1) is 12.7 Å². The minimum Gasteiger partial charge on any atom is -0.465 e. The summed E-state index contributed by atoms with van der Waals surface area (Å²) < 4.78 is 4.67. The fourth-order valence-corrected chi connectivity index (χ4v) is 2.71. The van der Waals surface area contributed by atoms with Gasteiger partial charge in [0.2, 0.25) is 0 Å². The van der Waals surface area contributed by atoms with Gasteiger partial charge in [-0.25, -0.2) is 4.79 Å². The summed E-state index contributed by atoms with van der Waals surface area (Å²) in [6.07, 6.45) is 6.79. The van der Waals surface area contributed by atoms with Crippen molar-refractivity contribution in [3.63, 3.8) is 0 Å². The van der Waals surface area contributed by atoms with Crippen LogP contribution in [-0.4, -0.2) is 25.0 Å². The zero-order valence-electron chi connectivity index (χ0n) is 12.4. The summed E-state index contributed by atoms with van der Waals surface area (Å²) in [6.45, 7) is 0. The first-order valence-electron chi connectivity index (χ1n) is 7.40. The number of ether oxygens (including phenoxy) is 1. The molecule has 1 amide bonds. The van der Waals surface area contributed by atoms with Crippen LogP contribution in [0.25, 0.3) is 0 Å². The number of anilines is 1. The molecule has 1 fully saturated rings. The van der Waals surface area contributed by atoms with Crippen LogP contribution >= 0.6 is 0 Å². The lowest BCUT2D eigenvalue weighted by molar-refractivity contribution is 0.0601. The molecule has 5 heteroatoms. The van der Waals surface area contributed by atoms with E-state index in [0.29, 0.717) is 16.8 Å². The molecule has 3 N–H and O–H groups in total. The van der Waals surface area contributed by atoms with E-state index in [1.54, 1.807) is 6.07 Å². The molecular weight excluding hydrogens is 268 g/mol. The third kappa shape index (κ3) is 4.21. The minimum absolute atomic E-state index is 0.181. The molecule has 0 unspecified atom stereocenters. The van der Waals surface area contributed by atoms with Crippen LogP contribution < -0.4 is 11.1 Å². The van der Waals surface area contributed by atoms with Crippen molar-refractivity contribution < 1.29 is 14.3 Å². The Balaban J connectivity index is 2.10. The highest BCUT2D eigenvalue weighted by molar-refractivity contribution is 5.99. The number of carbonyl (C=O) groups excluding carboxylic acids is 2. The third-order valence-corrected chi connectivity index (χ3v) is 3.83. The maximum atomic E-state index is 12.3. The number of rotatable bonds is 3. The number of methoxy groups -OCH3 is 1. The molecule has 114 valence electrons. The van der Waals surface area contributed by atoms with Gasteiger partial charge in [-0.2, -0.15) is 0 Å². The van der Waals surface area contributed by atoms with Crippen molar-refractivity contribution in [1.29, 1.82) is 0 Å². The molecule has 0 spiro atoms. The largest absolute Gasteiger partial charge is 0.465 e. The molecule has 5 nitrogen and oxygen atoms in total. The van der Waals surface area contributed by atoms with Crippen molar-refractivity contribution in [2.75, 3.05) is 12.8 Å². The maximum absolute atomic E-state index is 12.3. The molecule has 1 aromatic rings. The second kappa shape index (κ2) is 7.11. The van der Waals surface area contributed by atoms with E-state index in [9.17, 15) is 9.59 Å². The summed E-state index contributed by atoms with van der Waals surface area (Å²) in [5.74, 6) is -0.676. The van der Waals surface area contributed by atoms with Crippen molar-refractivity contribution >= 4 is 17.6 Å². The van der Waals surface area contributed by atoms with E-state index in [0.717, 1.165) is 25.7 Å². The summed E-state index contributed by atoms with van der Waals surface area (Å²) in [5, 5.41) is 3.04. The Kier molecular flexibility index (Phi) is 5.20. The quantitative estimate of drug-likeness (QED) is 0.509. The summed E-state index contributed by atoms with van der Waals surface area (Å²) in [4.78, 5) is 23.9. The van der Waals surface area contributed by atoms with Gasteiger partial charge in [0.25, 0.3) is 5.91 Å². The average molecular weight is 290 g/mol. The van der Waals surface area contributed by atoms with Gasteiger partial charge >= 0.3 is 5.97 Å². The number of hydrogen-bond acceptors (Lipinski definition) is 4. The Morgan fingerprint density at radius 3 is 2.33 bits per heavy atom. The average Bonchev–Trinajstić information content (AvgIpc) is 2.74. The number of nitrogens with one attached hydrogen (secondary N) is 1. The lowest BCUT2D eigenvalue weighted by atomic mass is 10.1. The summed E-state index contributed by atoms with van der Waals surface area (Å²) in [6, 6.07) is 4.82. The predicted octanol–water partition coefficient (Wildman–Crippen LogP) is 2.51. The summed E-state index contributed by atoms with van der Waals surface area (Å²) in [7, 11) is 1.30. The van der Waals surface area contributed by atoms with Crippen LogP contribution in [0.1, 0.15) is 59.2 Å². The monoisotopic (exact) mass is 290 g/mol. The molecule has 1 aliphatic carbocycles. The van der Waals surface area contributed by atoms with Crippen LogP contribution in [-0.2, 0) is 4.74 Å². The molecule has 0 aromatic heterocycles. The van der Waals surface area contributed by atoms with Gasteiger partial charge in [0, 0.05) is 17.3 Å². The Labute approximate surface area is 124 Å². The number of nitrogen functional groups attached to an aromatic ring is 1. The van der Waals surface area contributed by atoms with Crippen LogP contribution in [0, 0.1) is 0 Å². The molecule has 1 saturated carbocycles. The molecule has 0 heterocycles. The molecule has 2 rings (SSSR count). The van der Waals surface area contributed by atoms with Gasteiger partial charge in [0.1, 0.15) is 0 Å². The topological polar surface area (TPSA) is 81.4 Å². The van der Waals surface area contributed by atoms with Gasteiger partial charge in [-0.1, -0.05) is 25.7 Å². The molecule has 0 radical (unpaired) electrons. The van der Waals surface area contributed by atoms with Crippen LogP contribution in [0.3, 0.4) is 0 Å². The van der Waals surface area contributed by atoms with Gasteiger partial charge in [-0.15, -0.1) is 0 Å². The number of benzene rings is 1. The van der Waals surface area contributed by atoms with Crippen molar-refractivity contribution in [3.8, 4) is 0 Å². The maximum Gasteiger partial charge on any atom is 0.337 e. The summed E-state index contributed by atoms with van der Waals surface area (Å²) in [5.41, 5.74) is 6.84. The number of nitrogens with two attached hydrogens (primary N) is 1. The van der Waals surface area contributed by atoms with Crippen molar-refractivity contribution in [1.82, 2.24) is 5.32 Å². The van der Waals surface area contributed by atoms with E-state index < -0.39 is 5.97 Å². The fourth-order valence-electron chi connectivity index (χ4n) is 2.71. The van der Waals surface area contributed by atoms with Crippen molar-refractivity contribution in [2.24, 2.45) is 0 Å². The Bertz CT molecular complexity index is 520. The predicted molar refractivity (Wildman–Crippen MR) is 81.2 cm³/mol. The Morgan fingerprint density at radius 2 is 1.71 bits per heavy atom. The number of esters is 1. The fraction of sp³-hybridized carbons (Fsp3) is 0.500. The van der Waals surface area contributed by atoms with E-state index in [1.165, 1.54) is 32.1 Å². The first-order valence-corrected chi connectivity index (χ1v) is 7.40. The van der Waals surface area contributed by atoms with Crippen LogP contribution in [0.2, 0.25) is 0 Å². The van der Waals surface area contributed by atoms with E-state index >= 15 is 0 Å². The van der Waals surface area contributed by atoms with E-state index in [1.807, 2.05) is 0 Å². The third-order valence-electron chi connectivity index (χ3n) is 3.83. The lowest BCUT2D eigenvalue weighted by Gasteiger charge is -2.16. The Hall–Kier alpha value is -2.04. The van der Waals surface area contributed by atoms with Gasteiger partial charge in [-0.3, -0.25) is 4.79 Å². The normalized spacial score (nSPS) is 16.0. The minimum atomic E-state index is -0.495. The highest BCUT2D eigenvalue weighted by Gasteiger charge is 2.17. The van der Waals surface area contributed by atoms with Gasteiger partial charge in [-0.05, 0) is 31.0 Å². The van der Waals surface area contributed by atoms with Crippen LogP contribution in [0.4, 0.5) is 5.69 Å². The van der Waals surface area contributed by atoms with Crippen LogP contribution in [0.15, 0.2) is 18.2 Å². The molecule has 1 aliphatic rings. The molecular formula is C16H22N2O3. The SMILES string of the molecule is COC(=O)c1cc(N)cc(C(=O)NC2CCCCCC2)c1. The lowest BCUT2D eigenvalue weighted by Crippen LogP contribution is -2.34. The number of carbonyl (C=O) groups is 2. The highest BCUT2D eigenvalue weighted by atomic mass is 16.5. The molecule has 21 heavy (non-hydrogen) atoms.